The Morgan fingerprint density at radius 1 is 0.327 bits per heavy atom. The first-order valence-corrected chi connectivity index (χ1v) is 50.6. The molecule has 5 aliphatic heterocycles. The zero-order valence-corrected chi connectivity index (χ0v) is 87.1. The van der Waals surface area contributed by atoms with Gasteiger partial charge in [-0.05, 0) is 170 Å². The molecule has 5 aliphatic rings. The number of likely N-dealkylation sites (tertiary alicyclic amines) is 4. The molecule has 9 aromatic heterocycles. The van der Waals surface area contributed by atoms with Gasteiger partial charge in [0.1, 0.15) is 51.2 Å². The molecule has 0 bridgehead atoms. The van der Waals surface area contributed by atoms with E-state index in [1.54, 1.807) is 90.5 Å². The molecular weight excluding hydrogens is 1910 g/mol. The molecule has 0 aliphatic carbocycles. The highest BCUT2D eigenvalue weighted by Crippen LogP contribution is 2.43. The highest BCUT2D eigenvalue weighted by Gasteiger charge is 2.35. The molecule has 4 saturated heterocycles. The Labute approximate surface area is 869 Å². The quantitative estimate of drug-likeness (QED) is 0.0546. The number of nitrogens with zero attached hydrogens (tertiary/aromatic N) is 21. The number of nitrogens with one attached hydrogen (secondary N) is 4. The minimum atomic E-state index is -0.511. The van der Waals surface area contributed by atoms with Gasteiger partial charge in [0.05, 0.1) is 122 Å². The van der Waals surface area contributed by atoms with Gasteiger partial charge < -0.3 is 78.8 Å². The fourth-order valence-corrected chi connectivity index (χ4v) is 18.8. The second kappa shape index (κ2) is 44.9. The molecule has 16 aromatic rings. The molecule has 4 amide bonds. The predicted molar refractivity (Wildman–Crippen MR) is 573 cm³/mol. The Balaban J connectivity index is 0.000000130. The van der Waals surface area contributed by atoms with Crippen molar-refractivity contribution in [1.82, 2.24) is 104 Å². The van der Waals surface area contributed by atoms with Gasteiger partial charge in [-0.1, -0.05) is 109 Å². The summed E-state index contributed by atoms with van der Waals surface area (Å²) >= 11 is 0. The molecule has 14 heterocycles. The van der Waals surface area contributed by atoms with Crippen molar-refractivity contribution >= 4 is 115 Å². The summed E-state index contributed by atoms with van der Waals surface area (Å²) in [5, 5.41) is 34.7. The van der Waals surface area contributed by atoms with E-state index in [0.29, 0.717) is 105 Å². The highest BCUT2D eigenvalue weighted by atomic mass is 19.1. The van der Waals surface area contributed by atoms with Gasteiger partial charge in [-0.2, -0.15) is 20.4 Å². The van der Waals surface area contributed by atoms with E-state index in [1.807, 2.05) is 242 Å². The minimum absolute atomic E-state index is 0.168. The standard InChI is InChI=1S/C29H32N6O3.C28H31FN6O3.C28H32N6O3.C27H31N7O3/c1-29(2,3)38-28(36)34-13-10-22(11-14-34)35-18-21(17-31-35)32-27-30-16-20-7-5-8-23(25(20)33-27)24-9-4-6-19-12-15-37-26(19)24;1-28(2,3)38-27(36)34-11-9-21(10-12-34)35-17-20(16-31-35)32-26-30-15-18-13-19(29)14-23(25(18)33-26)22-7-5-6-8-24(22)37-4;1-28(2,3)37-27(35)33-14-12-21(13-15-33)34-18-20(17-30-34)31-26-29-16-19-8-7-10-23(25(19)32-26)22-9-5-6-11-24(22)36-4;1-27(2,3)37-26(35)33-11-9-20(10-12-33)34-17-19(15-30-34)31-25-29-14-18-13-28-16-22(24(18)32-25)21-7-5-6-8-23(21)36-4/h4-9,16-18,22H,10-15H2,1-3H3,(H,30,32,33);5-8,13-17,21H,9-12H2,1-4H3,(H,30,32,33);5-11,16-18,21H,12-15H2,1-4H3,(H,29,31,32);5-8,13-17,20H,9-12H2,1-4H3,(H,29,31,32). The van der Waals surface area contributed by atoms with Gasteiger partial charge in [-0.15, -0.1) is 0 Å². The Hall–Kier alpha value is -16.7. The lowest BCUT2D eigenvalue weighted by atomic mass is 9.99. The van der Waals surface area contributed by atoms with Crippen LogP contribution in [-0.2, 0) is 25.4 Å². The van der Waals surface area contributed by atoms with E-state index in [2.05, 4.69) is 90.8 Å². The molecule has 0 unspecified atom stereocenters. The average Bonchev–Trinajstić information content (AvgIpc) is 1.19. The number of carbonyl (C=O) groups excluding carboxylic acids is 4. The number of methoxy groups -OCH3 is 3. The number of benzene rings is 7. The summed E-state index contributed by atoms with van der Waals surface area (Å²) in [6, 6.07) is 45.3. The van der Waals surface area contributed by atoms with Crippen LogP contribution in [0.2, 0.25) is 0 Å². The molecule has 4 N–H and O–H groups in total. The van der Waals surface area contributed by atoms with Gasteiger partial charge in [0.15, 0.2) is 0 Å². The maximum atomic E-state index is 14.4. The number of pyridine rings is 1. The zero-order valence-electron chi connectivity index (χ0n) is 87.1. The Kier molecular flexibility index (Phi) is 30.9. The van der Waals surface area contributed by atoms with Gasteiger partial charge in [0.25, 0.3) is 0 Å². The van der Waals surface area contributed by atoms with Gasteiger partial charge in [0.2, 0.25) is 23.8 Å². The van der Waals surface area contributed by atoms with Crippen LogP contribution in [0.1, 0.15) is 164 Å². The molecule has 0 atom stereocenters. The van der Waals surface area contributed by atoms with E-state index in [1.165, 1.54) is 17.7 Å². The number of aromatic nitrogens is 17. The number of para-hydroxylation sites is 6. The summed E-state index contributed by atoms with van der Waals surface area (Å²) in [4.78, 5) is 98.0. The van der Waals surface area contributed by atoms with Crippen molar-refractivity contribution in [2.45, 2.75) is 187 Å². The SMILES string of the molecule is CC(C)(C)OC(=O)N1CCC(n2cc(Nc3ncc4cccc(-c5cccc6c5OCC6)c4n3)cn2)CC1.COc1ccccc1-c1cc(F)cc2cnc(Nc3cnn(C4CCN(C(=O)OC(C)(C)C)CC4)c3)nc12.COc1ccccc1-c1cccc2cnc(Nc3cnn(C4CCN(C(=O)OC(C)(C)C)CC4)c3)nc12.COc1ccccc1-c1cncc2cnc(Nc3cnn(C4CCN(C(=O)OC(C)(C)C)CC4)c3)nc12. The number of carbonyl (C=O) groups is 4. The molecule has 150 heavy (non-hydrogen) atoms. The van der Waals surface area contributed by atoms with Crippen LogP contribution in [-0.4, -0.2) is 231 Å². The zero-order chi connectivity index (χ0) is 105. The third-order valence-electron chi connectivity index (χ3n) is 25.9. The van der Waals surface area contributed by atoms with Crippen molar-refractivity contribution in [2.75, 3.05) is 102 Å². The van der Waals surface area contributed by atoms with E-state index in [4.69, 9.17) is 57.8 Å². The average molecular weight is 2030 g/mol. The second-order valence-corrected chi connectivity index (χ2v) is 41.4. The summed E-state index contributed by atoms with van der Waals surface area (Å²) in [6.07, 6.45) is 31.7. The van der Waals surface area contributed by atoms with Crippen LogP contribution in [0.3, 0.4) is 0 Å². The van der Waals surface area contributed by atoms with E-state index in [9.17, 15) is 23.6 Å². The molecule has 4 fully saturated rings. The van der Waals surface area contributed by atoms with Crippen molar-refractivity contribution in [3.05, 3.63) is 238 Å². The van der Waals surface area contributed by atoms with Gasteiger partial charge in [-0.25, -0.2) is 63.4 Å². The molecule has 21 rings (SSSR count). The number of halogens is 1. The fourth-order valence-electron chi connectivity index (χ4n) is 18.8. The maximum absolute atomic E-state index is 14.4. The highest BCUT2D eigenvalue weighted by molar-refractivity contribution is 5.99. The number of rotatable bonds is 19. The molecule has 0 radical (unpaired) electrons. The van der Waals surface area contributed by atoms with Crippen LogP contribution in [0.25, 0.3) is 88.1 Å². The summed E-state index contributed by atoms with van der Waals surface area (Å²) in [7, 11) is 4.91. The molecule has 0 saturated carbocycles. The first-order chi connectivity index (χ1) is 72.1. The lowest BCUT2D eigenvalue weighted by Gasteiger charge is -2.33. The fraction of sp³-hybridized carbons (Fsp3) is 0.366. The van der Waals surface area contributed by atoms with Gasteiger partial charge in [0, 0.05) is 187 Å². The smallest absolute Gasteiger partial charge is 0.410 e. The molecule has 0 spiro atoms. The Morgan fingerprint density at radius 3 is 0.987 bits per heavy atom. The summed E-state index contributed by atoms with van der Waals surface area (Å²) in [6.45, 7) is 28.3. The van der Waals surface area contributed by atoms with Crippen LogP contribution >= 0.6 is 0 Å². The molecule has 37 nitrogen and oxygen atoms in total. The van der Waals surface area contributed by atoms with Gasteiger partial charge in [-0.3, -0.25) is 23.7 Å². The summed E-state index contributed by atoms with van der Waals surface area (Å²) in [5.74, 6) is 4.60. The number of fused-ring (bicyclic) bond motifs is 5. The van der Waals surface area contributed by atoms with Crippen molar-refractivity contribution in [3.63, 3.8) is 0 Å². The number of amides is 4. The van der Waals surface area contributed by atoms with Crippen LogP contribution in [0.5, 0.6) is 23.0 Å². The number of anilines is 8. The first kappa shape index (κ1) is 103. The van der Waals surface area contributed by atoms with Crippen molar-refractivity contribution < 1.29 is 61.5 Å². The summed E-state index contributed by atoms with van der Waals surface area (Å²) < 4.78 is 66.8. The van der Waals surface area contributed by atoms with E-state index in [0.717, 1.165) is 169 Å². The molecule has 38 heteroatoms. The Bertz CT molecular complexity index is 7290. The van der Waals surface area contributed by atoms with Crippen molar-refractivity contribution in [2.24, 2.45) is 0 Å². The van der Waals surface area contributed by atoms with E-state index < -0.39 is 22.4 Å². The van der Waals surface area contributed by atoms with Crippen LogP contribution in [0.15, 0.2) is 226 Å². The second-order valence-electron chi connectivity index (χ2n) is 41.4. The minimum Gasteiger partial charge on any atom is -0.496 e. The van der Waals surface area contributed by atoms with Gasteiger partial charge >= 0.3 is 24.4 Å². The number of piperidine rings is 4. The maximum Gasteiger partial charge on any atom is 0.410 e. The normalized spacial score (nSPS) is 14.9. The van der Waals surface area contributed by atoms with E-state index in [-0.39, 0.29) is 54.4 Å². The lowest BCUT2D eigenvalue weighted by Crippen LogP contribution is -2.42. The molecule has 778 valence electrons. The number of hydrogen-bond acceptors (Lipinski definition) is 29. The van der Waals surface area contributed by atoms with Crippen molar-refractivity contribution in [3.8, 4) is 67.5 Å². The van der Waals surface area contributed by atoms with Crippen LogP contribution in [0, 0.1) is 5.82 Å². The third kappa shape index (κ3) is 25.4. The predicted octanol–water partition coefficient (Wildman–Crippen LogP) is 22.7. The monoisotopic (exact) mass is 2030 g/mol. The Morgan fingerprint density at radius 2 is 0.627 bits per heavy atom. The van der Waals surface area contributed by atoms with E-state index >= 15 is 0 Å². The topological polar surface area (TPSA) is 390 Å². The third-order valence-corrected chi connectivity index (χ3v) is 25.9. The van der Waals surface area contributed by atoms with Crippen LogP contribution < -0.4 is 40.2 Å². The largest absolute Gasteiger partial charge is 0.496 e. The summed E-state index contributed by atoms with van der Waals surface area (Å²) in [5.41, 5.74) is 12.7. The first-order valence-electron chi connectivity index (χ1n) is 50.6. The molecule has 7 aromatic carbocycles. The van der Waals surface area contributed by atoms with Crippen molar-refractivity contribution in [1.29, 1.82) is 0 Å². The molecular formula is C112H126FN25O12. The lowest BCUT2D eigenvalue weighted by molar-refractivity contribution is 0.0174. The number of ether oxygens (including phenoxy) is 8. The number of hydrogen-bond donors (Lipinski definition) is 4. The van der Waals surface area contributed by atoms with Crippen LogP contribution in [0.4, 0.5) is 70.1 Å².